The van der Waals surface area contributed by atoms with E-state index in [0.29, 0.717) is 11.1 Å². The van der Waals surface area contributed by atoms with Crippen molar-refractivity contribution in [1.82, 2.24) is 4.57 Å². The number of ether oxygens (including phenoxy) is 1. The lowest BCUT2D eigenvalue weighted by Gasteiger charge is -2.16. The van der Waals surface area contributed by atoms with Gasteiger partial charge in [-0.1, -0.05) is 36.4 Å². The van der Waals surface area contributed by atoms with Crippen molar-refractivity contribution >= 4 is 46.2 Å². The van der Waals surface area contributed by atoms with E-state index in [4.69, 9.17) is 4.74 Å². The van der Waals surface area contributed by atoms with Gasteiger partial charge < -0.3 is 9.30 Å². The molecule has 6 heteroatoms. The van der Waals surface area contributed by atoms with Crippen LogP contribution in [0.2, 0.25) is 0 Å². The first-order valence-electron chi connectivity index (χ1n) is 12.6. The molecule has 6 rings (SSSR count). The van der Waals surface area contributed by atoms with Crippen LogP contribution in [0.4, 0.5) is 11.4 Å². The van der Waals surface area contributed by atoms with Gasteiger partial charge in [-0.05, 0) is 81.0 Å². The molecule has 2 aliphatic rings. The Hall–Kier alpha value is -3.90. The Balaban J connectivity index is 1.48. The normalized spacial score (nSPS) is 15.7. The van der Waals surface area contributed by atoms with Gasteiger partial charge in [0.05, 0.1) is 23.9 Å². The molecule has 2 aromatic heterocycles. The zero-order valence-corrected chi connectivity index (χ0v) is 22.0. The number of carbonyl (C=O) groups excluding carboxylic acids is 2. The maximum absolute atomic E-state index is 13.7. The summed E-state index contributed by atoms with van der Waals surface area (Å²) in [4.78, 5) is 29.7. The van der Waals surface area contributed by atoms with Crippen LogP contribution < -0.4 is 4.90 Å². The molecule has 0 radical (unpaired) electrons. The second kappa shape index (κ2) is 9.20. The van der Waals surface area contributed by atoms with Crippen molar-refractivity contribution < 1.29 is 14.3 Å². The minimum atomic E-state index is -0.278. The minimum Gasteiger partial charge on any atom is -0.465 e. The average Bonchev–Trinajstić information content (AvgIpc) is 3.53. The molecule has 0 unspecified atom stereocenters. The highest BCUT2D eigenvalue weighted by Gasteiger charge is 2.34. The van der Waals surface area contributed by atoms with Crippen molar-refractivity contribution in [3.63, 3.8) is 0 Å². The van der Waals surface area contributed by atoms with Crippen LogP contribution in [0.25, 0.3) is 16.7 Å². The number of methoxy groups -OCH3 is 1. The van der Waals surface area contributed by atoms with Crippen molar-refractivity contribution in [2.45, 2.75) is 39.5 Å². The molecule has 1 aliphatic heterocycles. The molecule has 1 aliphatic carbocycles. The van der Waals surface area contributed by atoms with E-state index < -0.39 is 0 Å². The number of para-hydroxylation sites is 2. The maximum atomic E-state index is 13.7. The van der Waals surface area contributed by atoms with E-state index in [1.807, 2.05) is 60.7 Å². The number of thiophene rings is 1. The topological polar surface area (TPSA) is 51.5 Å². The zero-order chi connectivity index (χ0) is 25.7. The van der Waals surface area contributed by atoms with Gasteiger partial charge in [0, 0.05) is 27.5 Å². The quantitative estimate of drug-likeness (QED) is 0.219. The number of aryl methyl sites for hydroxylation is 2. The highest BCUT2D eigenvalue weighted by molar-refractivity contribution is 7.15. The molecule has 0 atom stereocenters. The zero-order valence-electron chi connectivity index (χ0n) is 21.2. The first-order chi connectivity index (χ1) is 18.0. The van der Waals surface area contributed by atoms with Crippen LogP contribution in [0.1, 0.15) is 56.2 Å². The van der Waals surface area contributed by atoms with E-state index in [2.05, 4.69) is 24.5 Å². The van der Waals surface area contributed by atoms with E-state index >= 15 is 0 Å². The van der Waals surface area contributed by atoms with Gasteiger partial charge in [0.2, 0.25) is 0 Å². The van der Waals surface area contributed by atoms with Gasteiger partial charge in [0.15, 0.2) is 0 Å². The molecule has 37 heavy (non-hydrogen) atoms. The highest BCUT2D eigenvalue weighted by Crippen LogP contribution is 2.43. The Morgan fingerprint density at radius 3 is 2.51 bits per heavy atom. The number of hydrogen-bond donors (Lipinski definition) is 0. The monoisotopic (exact) mass is 508 g/mol. The first kappa shape index (κ1) is 23.5. The Labute approximate surface area is 220 Å². The van der Waals surface area contributed by atoms with Gasteiger partial charge in [-0.3, -0.25) is 9.69 Å². The Bertz CT molecular complexity index is 1580. The second-order valence-electron chi connectivity index (χ2n) is 9.60. The van der Waals surface area contributed by atoms with Gasteiger partial charge in [-0.2, -0.15) is 0 Å². The summed E-state index contributed by atoms with van der Waals surface area (Å²) < 4.78 is 7.37. The molecule has 0 saturated carbocycles. The third-order valence-electron chi connectivity index (χ3n) is 7.40. The first-order valence-corrected chi connectivity index (χ1v) is 13.4. The summed E-state index contributed by atoms with van der Waals surface area (Å²) in [6, 6.07) is 19.8. The smallest absolute Gasteiger partial charge is 0.341 e. The molecule has 0 bridgehead atoms. The Morgan fingerprint density at radius 1 is 1.00 bits per heavy atom. The van der Waals surface area contributed by atoms with Crippen LogP contribution in [0.15, 0.2) is 60.7 Å². The highest BCUT2D eigenvalue weighted by atomic mass is 32.1. The second-order valence-corrected chi connectivity index (χ2v) is 10.7. The molecule has 3 heterocycles. The Morgan fingerprint density at radius 2 is 1.73 bits per heavy atom. The fourth-order valence-electron chi connectivity index (χ4n) is 5.64. The average molecular weight is 509 g/mol. The molecular formula is C31H28N2O3S. The number of amides is 1. The van der Waals surface area contributed by atoms with E-state index in [9.17, 15) is 9.59 Å². The van der Waals surface area contributed by atoms with Gasteiger partial charge in [-0.15, -0.1) is 11.3 Å². The number of benzene rings is 2. The third-order valence-corrected chi connectivity index (χ3v) is 8.68. The van der Waals surface area contributed by atoms with Crippen LogP contribution in [0.3, 0.4) is 0 Å². The number of carbonyl (C=O) groups is 2. The van der Waals surface area contributed by atoms with Crippen LogP contribution in [-0.4, -0.2) is 23.6 Å². The summed E-state index contributed by atoms with van der Waals surface area (Å²) in [7, 11) is 1.45. The van der Waals surface area contributed by atoms with Crippen molar-refractivity contribution in [3.05, 3.63) is 99.2 Å². The molecule has 0 saturated heterocycles. The summed E-state index contributed by atoms with van der Waals surface area (Å²) in [5, 5.41) is 0.919. The maximum Gasteiger partial charge on any atom is 0.341 e. The Kier molecular flexibility index (Phi) is 5.84. The van der Waals surface area contributed by atoms with Gasteiger partial charge in [0.25, 0.3) is 5.91 Å². The van der Waals surface area contributed by atoms with Crippen molar-refractivity contribution in [2.75, 3.05) is 12.0 Å². The molecule has 4 aromatic rings. The van der Waals surface area contributed by atoms with E-state index in [0.717, 1.165) is 70.1 Å². The van der Waals surface area contributed by atoms with Crippen LogP contribution in [0.5, 0.6) is 0 Å². The fourth-order valence-corrected chi connectivity index (χ4v) is 7.13. The molecular weight excluding hydrogens is 480 g/mol. The lowest BCUT2D eigenvalue weighted by atomic mass is 9.95. The van der Waals surface area contributed by atoms with Crippen molar-refractivity contribution in [2.24, 2.45) is 0 Å². The summed E-state index contributed by atoms with van der Waals surface area (Å²) in [6.45, 7) is 4.11. The van der Waals surface area contributed by atoms with Gasteiger partial charge >= 0.3 is 5.97 Å². The van der Waals surface area contributed by atoms with Crippen molar-refractivity contribution in [1.29, 1.82) is 0 Å². The number of esters is 1. The summed E-state index contributed by atoms with van der Waals surface area (Å²) in [5.74, 6) is -0.320. The largest absolute Gasteiger partial charge is 0.465 e. The van der Waals surface area contributed by atoms with E-state index in [1.54, 1.807) is 16.2 Å². The van der Waals surface area contributed by atoms with Gasteiger partial charge in [-0.25, -0.2) is 4.79 Å². The molecule has 0 fully saturated rings. The van der Waals surface area contributed by atoms with E-state index in [1.165, 1.54) is 12.0 Å². The van der Waals surface area contributed by atoms with Crippen LogP contribution in [-0.2, 0) is 22.4 Å². The van der Waals surface area contributed by atoms with Crippen molar-refractivity contribution in [3.8, 4) is 5.00 Å². The number of anilines is 2. The number of aromatic nitrogens is 1. The molecule has 5 nitrogen and oxygen atoms in total. The standard InChI is InChI=1S/C31H28N2O3S/c1-19-17-21(20(2)32(19)30-28(31(35)36-3)24-14-8-10-16-27(24)37-30)18-25-23-13-7-9-15-26(23)33(29(25)34)22-11-5-4-6-12-22/h4-7,9,11-13,15,17-18H,8,10,14,16H2,1-3H3/b25-18+. The molecule has 186 valence electrons. The summed E-state index contributed by atoms with van der Waals surface area (Å²) in [6.07, 6.45) is 6.14. The third kappa shape index (κ3) is 3.75. The molecule has 0 N–H and O–H groups in total. The number of hydrogen-bond acceptors (Lipinski definition) is 4. The number of rotatable bonds is 4. The number of nitrogens with zero attached hydrogens (tertiary/aromatic N) is 2. The molecule has 0 spiro atoms. The SMILES string of the molecule is COC(=O)c1c(-n2c(C)cc(/C=C3/C(=O)N(c4ccccc4)c4ccccc43)c2C)sc2c1CCCC2. The lowest BCUT2D eigenvalue weighted by Crippen LogP contribution is -2.20. The predicted octanol–water partition coefficient (Wildman–Crippen LogP) is 7.04. The number of fused-ring (bicyclic) bond motifs is 2. The van der Waals surface area contributed by atoms with Crippen LogP contribution >= 0.6 is 11.3 Å². The summed E-state index contributed by atoms with van der Waals surface area (Å²) >= 11 is 1.70. The lowest BCUT2D eigenvalue weighted by molar-refractivity contribution is -0.112. The summed E-state index contributed by atoms with van der Waals surface area (Å²) in [5.41, 5.74) is 8.14. The molecule has 1 amide bonds. The predicted molar refractivity (Wildman–Crippen MR) is 149 cm³/mol. The fraction of sp³-hybridized carbons (Fsp3) is 0.226. The van der Waals surface area contributed by atoms with Crippen LogP contribution in [0, 0.1) is 13.8 Å². The molecule has 2 aromatic carbocycles. The van der Waals surface area contributed by atoms with Gasteiger partial charge in [0.1, 0.15) is 5.00 Å². The minimum absolute atomic E-state index is 0.0426. The van der Waals surface area contributed by atoms with E-state index in [-0.39, 0.29) is 11.9 Å².